The van der Waals surface area contributed by atoms with Crippen LogP contribution in [0.3, 0.4) is 0 Å². The van der Waals surface area contributed by atoms with Crippen LogP contribution in [0, 0.1) is 0 Å². The van der Waals surface area contributed by atoms with E-state index in [1.54, 1.807) is 6.08 Å². The van der Waals surface area contributed by atoms with Crippen molar-refractivity contribution in [1.82, 2.24) is 15.2 Å². The van der Waals surface area contributed by atoms with Crippen molar-refractivity contribution in [3.05, 3.63) is 48.7 Å². The number of allylic oxidation sites excluding steroid dienone is 5. The van der Waals surface area contributed by atoms with Gasteiger partial charge in [0.2, 0.25) is 0 Å². The zero-order chi connectivity index (χ0) is 20.0. The number of hydrogen-bond donors (Lipinski definition) is 1. The summed E-state index contributed by atoms with van der Waals surface area (Å²) in [6, 6.07) is 1.47. The molecule has 3 atom stereocenters. The second-order valence-corrected chi connectivity index (χ2v) is 7.92. The summed E-state index contributed by atoms with van der Waals surface area (Å²) in [4.78, 5) is 2.74. The van der Waals surface area contributed by atoms with Gasteiger partial charge in [-0.2, -0.15) is 5.10 Å². The molecule has 0 radical (unpaired) electrons. The molecule has 2 fully saturated rings. The minimum absolute atomic E-state index is 0.479. The molecule has 0 aromatic heterocycles. The summed E-state index contributed by atoms with van der Waals surface area (Å²) in [5.74, 6) is 0. The number of fused-ring (bicyclic) bond motifs is 1. The van der Waals surface area contributed by atoms with Crippen molar-refractivity contribution in [2.24, 2.45) is 5.10 Å². The maximum Gasteiger partial charge on any atom is 0.111 e. The fourth-order valence-electron chi connectivity index (χ4n) is 4.76. The fraction of sp³-hybridized carbons (Fsp3) is 0.609. The molecule has 3 aliphatic heterocycles. The fourth-order valence-corrected chi connectivity index (χ4v) is 4.76. The van der Waals surface area contributed by atoms with E-state index in [9.17, 15) is 0 Å². The number of nitrogens with zero attached hydrogens (tertiary/aromatic N) is 3. The van der Waals surface area contributed by atoms with Crippen molar-refractivity contribution in [2.75, 3.05) is 20.1 Å². The van der Waals surface area contributed by atoms with Crippen LogP contribution >= 0.6 is 0 Å². The summed E-state index contributed by atoms with van der Waals surface area (Å²) < 4.78 is 0. The van der Waals surface area contributed by atoms with Gasteiger partial charge < -0.3 is 5.32 Å². The van der Waals surface area contributed by atoms with E-state index in [4.69, 9.17) is 0 Å². The van der Waals surface area contributed by atoms with Gasteiger partial charge in [-0.05, 0) is 39.5 Å². The molecule has 2 saturated heterocycles. The highest BCUT2D eigenvalue weighted by atomic mass is 15.5. The Bertz CT molecular complexity index is 630. The first-order chi connectivity index (χ1) is 12.9. The normalized spacial score (nSPS) is 31.2. The van der Waals surface area contributed by atoms with Gasteiger partial charge in [0.1, 0.15) is 5.71 Å². The Balaban J connectivity index is 0.00000126. The Hall–Kier alpha value is -1.81. The van der Waals surface area contributed by atoms with Crippen LogP contribution in [0.25, 0.3) is 0 Å². The van der Waals surface area contributed by atoms with Gasteiger partial charge in [-0.3, -0.25) is 9.91 Å². The van der Waals surface area contributed by atoms with E-state index in [2.05, 4.69) is 48.4 Å². The lowest BCUT2D eigenvalue weighted by Gasteiger charge is -2.55. The minimum atomic E-state index is 0.479. The van der Waals surface area contributed by atoms with Crippen LogP contribution in [-0.2, 0) is 0 Å². The average molecular weight is 371 g/mol. The average Bonchev–Trinajstić information content (AvgIpc) is 3.11. The predicted molar refractivity (Wildman–Crippen MR) is 118 cm³/mol. The molecule has 3 unspecified atom stereocenters. The summed E-state index contributed by atoms with van der Waals surface area (Å²) in [5.41, 5.74) is 3.58. The zero-order valence-electron chi connectivity index (χ0n) is 18.0. The van der Waals surface area contributed by atoms with Gasteiger partial charge in [0, 0.05) is 36.8 Å². The molecule has 0 amide bonds. The Morgan fingerprint density at radius 3 is 2.78 bits per heavy atom. The van der Waals surface area contributed by atoms with Gasteiger partial charge in [-0.25, -0.2) is 0 Å². The molecule has 0 spiro atoms. The zero-order valence-corrected chi connectivity index (χ0v) is 18.0. The summed E-state index contributed by atoms with van der Waals surface area (Å²) in [7, 11) is 2.00. The molecule has 0 saturated carbocycles. The Labute approximate surface area is 166 Å². The number of rotatable bonds is 7. The van der Waals surface area contributed by atoms with Crippen LogP contribution in [-0.4, -0.2) is 53.4 Å². The highest BCUT2D eigenvalue weighted by molar-refractivity contribution is 6.13. The molecule has 4 nitrogen and oxygen atoms in total. The second kappa shape index (κ2) is 9.41. The van der Waals surface area contributed by atoms with Crippen LogP contribution in [0.5, 0.6) is 0 Å². The van der Waals surface area contributed by atoms with E-state index < -0.39 is 0 Å². The van der Waals surface area contributed by atoms with E-state index in [1.165, 1.54) is 31.3 Å². The largest absolute Gasteiger partial charge is 0.384 e. The van der Waals surface area contributed by atoms with Crippen LogP contribution in [0.4, 0.5) is 0 Å². The van der Waals surface area contributed by atoms with Gasteiger partial charge in [0.05, 0.1) is 12.2 Å². The van der Waals surface area contributed by atoms with E-state index in [1.807, 2.05) is 38.1 Å². The summed E-state index contributed by atoms with van der Waals surface area (Å²) in [6.07, 6.45) is 13.1. The first-order valence-electron chi connectivity index (χ1n) is 10.4. The SMILES string of the molecule is C=C/C=C\C=C1/CN(C)N=C1C(=C)NCCC1CC2(C)CCC(C)N12.CC. The third kappa shape index (κ3) is 4.73. The number of hydrazone groups is 1. The first kappa shape index (κ1) is 21.5. The van der Waals surface area contributed by atoms with Crippen molar-refractivity contribution in [1.29, 1.82) is 0 Å². The molecule has 3 heterocycles. The molecule has 150 valence electrons. The summed E-state index contributed by atoms with van der Waals surface area (Å²) >= 11 is 0. The van der Waals surface area contributed by atoms with Crippen molar-refractivity contribution in [3.8, 4) is 0 Å². The monoisotopic (exact) mass is 370 g/mol. The van der Waals surface area contributed by atoms with Crippen LogP contribution in [0.2, 0.25) is 0 Å². The molecule has 4 heteroatoms. The molecule has 27 heavy (non-hydrogen) atoms. The molecule has 0 aromatic rings. The van der Waals surface area contributed by atoms with Crippen LogP contribution < -0.4 is 5.32 Å². The number of hydrogen-bond acceptors (Lipinski definition) is 4. The summed E-state index contributed by atoms with van der Waals surface area (Å²) in [5, 5.41) is 10.1. The summed E-state index contributed by atoms with van der Waals surface area (Å²) in [6.45, 7) is 18.5. The second-order valence-electron chi connectivity index (χ2n) is 7.92. The topological polar surface area (TPSA) is 30.9 Å². The molecule has 1 N–H and O–H groups in total. The van der Waals surface area contributed by atoms with Crippen molar-refractivity contribution >= 4 is 5.71 Å². The predicted octanol–water partition coefficient (Wildman–Crippen LogP) is 4.49. The number of likely N-dealkylation sites (N-methyl/N-ethyl adjacent to an activating group) is 1. The lowest BCUT2D eigenvalue weighted by atomic mass is 9.79. The van der Waals surface area contributed by atoms with Crippen molar-refractivity contribution < 1.29 is 0 Å². The third-order valence-electron chi connectivity index (χ3n) is 5.89. The Morgan fingerprint density at radius 1 is 1.37 bits per heavy atom. The van der Waals surface area contributed by atoms with Crippen LogP contribution in [0.15, 0.2) is 53.8 Å². The van der Waals surface area contributed by atoms with Gasteiger partial charge in [-0.1, -0.05) is 51.3 Å². The Morgan fingerprint density at radius 2 is 2.11 bits per heavy atom. The van der Waals surface area contributed by atoms with E-state index in [-0.39, 0.29) is 0 Å². The lowest BCUT2D eigenvalue weighted by Crippen LogP contribution is -2.63. The maximum absolute atomic E-state index is 4.61. The van der Waals surface area contributed by atoms with E-state index >= 15 is 0 Å². The van der Waals surface area contributed by atoms with Crippen LogP contribution in [0.1, 0.15) is 53.4 Å². The smallest absolute Gasteiger partial charge is 0.111 e. The van der Waals surface area contributed by atoms with E-state index in [0.717, 1.165) is 36.6 Å². The molecule has 3 aliphatic rings. The van der Waals surface area contributed by atoms with Gasteiger partial charge >= 0.3 is 0 Å². The van der Waals surface area contributed by atoms with Gasteiger partial charge in [0.15, 0.2) is 0 Å². The quantitative estimate of drug-likeness (QED) is 0.670. The maximum atomic E-state index is 4.61. The molecular weight excluding hydrogens is 332 g/mol. The Kier molecular flexibility index (Phi) is 7.49. The third-order valence-corrected chi connectivity index (χ3v) is 5.89. The standard InChI is InChI=1S/C21H32N4.C2H6/c1-6-7-8-9-18-15-24(5)23-20(18)17(3)22-13-11-19-14-21(4)12-10-16(2)25(19)21;1-2/h6-9,16,19,22H,1,3,10-15H2,2,4-5H3;1-2H3/b8-7-,18-9+;. The first-order valence-corrected chi connectivity index (χ1v) is 10.4. The molecule has 0 bridgehead atoms. The van der Waals surface area contributed by atoms with E-state index in [0.29, 0.717) is 5.54 Å². The highest BCUT2D eigenvalue weighted by Crippen LogP contribution is 2.48. The molecule has 0 aromatic carbocycles. The highest BCUT2D eigenvalue weighted by Gasteiger charge is 2.53. The number of nitrogens with one attached hydrogen (secondary N) is 1. The van der Waals surface area contributed by atoms with Gasteiger partial charge in [-0.15, -0.1) is 0 Å². The minimum Gasteiger partial charge on any atom is -0.384 e. The lowest BCUT2D eigenvalue weighted by molar-refractivity contribution is -0.0516. The van der Waals surface area contributed by atoms with Gasteiger partial charge in [0.25, 0.3) is 0 Å². The van der Waals surface area contributed by atoms with Crippen molar-refractivity contribution in [2.45, 2.75) is 71.0 Å². The molecule has 0 aliphatic carbocycles. The van der Waals surface area contributed by atoms with Crippen molar-refractivity contribution in [3.63, 3.8) is 0 Å². The molecular formula is C23H38N4. The molecule has 3 rings (SSSR count).